The number of hydrogen-bond donors (Lipinski definition) is 2. The Morgan fingerprint density at radius 3 is 2.53 bits per heavy atom. The van der Waals surface area contributed by atoms with Crippen molar-refractivity contribution in [1.29, 1.82) is 0 Å². The number of aliphatic hydroxyl groups excluding tert-OH is 1. The van der Waals surface area contributed by atoms with Crippen molar-refractivity contribution in [2.75, 3.05) is 19.4 Å². The predicted octanol–water partition coefficient (Wildman–Crippen LogP) is 2.92. The van der Waals surface area contributed by atoms with Gasteiger partial charge < -0.3 is 15.3 Å². The van der Waals surface area contributed by atoms with E-state index in [0.717, 1.165) is 35.8 Å². The molecule has 32 heavy (non-hydrogen) atoms. The highest BCUT2D eigenvalue weighted by Gasteiger charge is 2.31. The quantitative estimate of drug-likeness (QED) is 0.509. The highest BCUT2D eigenvalue weighted by Crippen LogP contribution is 2.44. The van der Waals surface area contributed by atoms with E-state index in [2.05, 4.69) is 4.98 Å². The van der Waals surface area contributed by atoms with E-state index in [1.165, 1.54) is 4.31 Å². The van der Waals surface area contributed by atoms with Crippen molar-refractivity contribution in [3.8, 4) is 11.3 Å². The van der Waals surface area contributed by atoms with E-state index in [9.17, 15) is 13.2 Å². The number of amides is 1. The Hall–Kier alpha value is -2.75. The monoisotopic (exact) mass is 457 g/mol. The average molecular weight is 458 g/mol. The summed E-state index contributed by atoms with van der Waals surface area (Å²) in [7, 11) is -3.50. The largest absolute Gasteiger partial charge is 0.437 e. The standard InChI is InChI=1S/C23H27N3O5S/c1-14-4-6-16(7-5-14)21-20(22(24)28)18-12-17(15-8-9-15)19(25-23(18)31-21)13-26(10-3-11-27)32(2,29)30/h4-7,12,15,27H,3,8-11,13H2,1-2H3,(H2,24,28). The SMILES string of the molecule is Cc1ccc(-c2oc3nc(CN(CCCO)S(C)(=O)=O)c(C4CC4)cc3c2C(N)=O)cc1. The van der Waals surface area contributed by atoms with Crippen molar-refractivity contribution in [1.82, 2.24) is 9.29 Å². The summed E-state index contributed by atoms with van der Waals surface area (Å²) < 4.78 is 31.9. The molecule has 170 valence electrons. The van der Waals surface area contributed by atoms with Gasteiger partial charge >= 0.3 is 0 Å². The van der Waals surface area contributed by atoms with Gasteiger partial charge in [0.25, 0.3) is 5.91 Å². The van der Waals surface area contributed by atoms with Gasteiger partial charge in [-0.25, -0.2) is 13.4 Å². The van der Waals surface area contributed by atoms with Crippen LogP contribution in [-0.4, -0.2) is 48.1 Å². The minimum atomic E-state index is -3.50. The number of rotatable bonds is 9. The summed E-state index contributed by atoms with van der Waals surface area (Å²) in [6.45, 7) is 2.14. The molecular weight excluding hydrogens is 430 g/mol. The molecule has 0 aliphatic heterocycles. The number of aryl methyl sites for hydroxylation is 1. The number of benzene rings is 1. The smallest absolute Gasteiger partial charge is 0.253 e. The van der Waals surface area contributed by atoms with E-state index < -0.39 is 15.9 Å². The van der Waals surface area contributed by atoms with Crippen molar-refractivity contribution in [3.05, 3.63) is 52.7 Å². The van der Waals surface area contributed by atoms with Crippen LogP contribution in [0.15, 0.2) is 34.7 Å². The fraction of sp³-hybridized carbons (Fsp3) is 0.391. The third kappa shape index (κ3) is 4.55. The lowest BCUT2D eigenvalue weighted by Gasteiger charge is -2.20. The van der Waals surface area contributed by atoms with Crippen LogP contribution in [-0.2, 0) is 16.6 Å². The minimum Gasteiger partial charge on any atom is -0.437 e. The van der Waals surface area contributed by atoms with E-state index in [-0.39, 0.29) is 36.9 Å². The predicted molar refractivity (Wildman–Crippen MR) is 122 cm³/mol. The van der Waals surface area contributed by atoms with E-state index in [0.29, 0.717) is 23.3 Å². The molecule has 1 fully saturated rings. The number of nitrogens with two attached hydrogens (primary N) is 1. The number of pyridine rings is 1. The number of carbonyl (C=O) groups excluding carboxylic acids is 1. The maximum atomic E-state index is 12.4. The Labute approximate surface area is 187 Å². The normalized spacial score (nSPS) is 14.4. The zero-order valence-electron chi connectivity index (χ0n) is 18.2. The molecule has 2 aromatic heterocycles. The Morgan fingerprint density at radius 2 is 1.97 bits per heavy atom. The zero-order valence-corrected chi connectivity index (χ0v) is 19.0. The number of hydrogen-bond acceptors (Lipinski definition) is 6. The molecule has 0 radical (unpaired) electrons. The van der Waals surface area contributed by atoms with Crippen LogP contribution >= 0.6 is 0 Å². The van der Waals surface area contributed by atoms with Crippen LogP contribution in [0.1, 0.15) is 52.4 Å². The number of nitrogens with zero attached hydrogens (tertiary/aromatic N) is 2. The number of aliphatic hydroxyl groups is 1. The van der Waals surface area contributed by atoms with Crippen molar-refractivity contribution >= 4 is 27.0 Å². The molecule has 0 unspecified atom stereocenters. The molecule has 3 N–H and O–H groups in total. The Bertz CT molecular complexity index is 1260. The van der Waals surface area contributed by atoms with Crippen LogP contribution in [0.2, 0.25) is 0 Å². The highest BCUT2D eigenvalue weighted by molar-refractivity contribution is 7.88. The molecular formula is C23H27N3O5S. The molecule has 3 aromatic rings. The molecule has 9 heteroatoms. The number of aromatic nitrogens is 1. The topological polar surface area (TPSA) is 127 Å². The van der Waals surface area contributed by atoms with Crippen LogP contribution in [0.5, 0.6) is 0 Å². The highest BCUT2D eigenvalue weighted by atomic mass is 32.2. The summed E-state index contributed by atoms with van der Waals surface area (Å²) in [6.07, 6.45) is 3.43. The summed E-state index contributed by atoms with van der Waals surface area (Å²) in [5.74, 6) is 0.0232. The van der Waals surface area contributed by atoms with Crippen LogP contribution < -0.4 is 5.73 Å². The molecule has 0 spiro atoms. The average Bonchev–Trinajstić information content (AvgIpc) is 3.50. The van der Waals surface area contributed by atoms with E-state index in [1.807, 2.05) is 37.3 Å². The number of furan rings is 1. The van der Waals surface area contributed by atoms with E-state index >= 15 is 0 Å². The van der Waals surface area contributed by atoms with Gasteiger partial charge in [-0.1, -0.05) is 29.8 Å². The van der Waals surface area contributed by atoms with Gasteiger partial charge in [0.05, 0.1) is 29.4 Å². The number of sulfonamides is 1. The fourth-order valence-electron chi connectivity index (χ4n) is 3.88. The second-order valence-electron chi connectivity index (χ2n) is 8.36. The van der Waals surface area contributed by atoms with E-state index in [1.54, 1.807) is 0 Å². The van der Waals surface area contributed by atoms with E-state index in [4.69, 9.17) is 15.3 Å². The molecule has 1 aromatic carbocycles. The summed E-state index contributed by atoms with van der Waals surface area (Å²) in [5.41, 5.74) is 9.57. The van der Waals surface area contributed by atoms with Gasteiger partial charge in [0.2, 0.25) is 15.7 Å². The van der Waals surface area contributed by atoms with Gasteiger partial charge in [-0.3, -0.25) is 4.79 Å². The molecule has 1 saturated carbocycles. The van der Waals surface area contributed by atoms with Crippen LogP contribution in [0.25, 0.3) is 22.4 Å². The maximum Gasteiger partial charge on any atom is 0.253 e. The molecule has 1 aliphatic carbocycles. The molecule has 0 saturated heterocycles. The lowest BCUT2D eigenvalue weighted by atomic mass is 10.0. The summed E-state index contributed by atoms with van der Waals surface area (Å²) in [6, 6.07) is 9.45. The van der Waals surface area contributed by atoms with Crippen LogP contribution in [0, 0.1) is 6.92 Å². The lowest BCUT2D eigenvalue weighted by molar-refractivity contribution is 0.100. The lowest BCUT2D eigenvalue weighted by Crippen LogP contribution is -2.31. The first kappa shape index (κ1) is 22.4. The molecule has 0 atom stereocenters. The van der Waals surface area contributed by atoms with Gasteiger partial charge in [0.15, 0.2) is 0 Å². The minimum absolute atomic E-state index is 0.0765. The Kier molecular flexibility index (Phi) is 6.07. The number of carbonyl (C=O) groups is 1. The molecule has 4 rings (SSSR count). The van der Waals surface area contributed by atoms with Gasteiger partial charge in [0.1, 0.15) is 5.76 Å². The van der Waals surface area contributed by atoms with Crippen molar-refractivity contribution in [2.45, 2.75) is 38.6 Å². The fourth-order valence-corrected chi connectivity index (χ4v) is 4.70. The second kappa shape index (κ2) is 8.65. The zero-order chi connectivity index (χ0) is 23.0. The molecule has 8 nitrogen and oxygen atoms in total. The number of primary amides is 1. The van der Waals surface area contributed by atoms with Gasteiger partial charge in [0, 0.05) is 18.7 Å². The third-order valence-corrected chi connectivity index (χ3v) is 6.98. The van der Waals surface area contributed by atoms with Crippen LogP contribution in [0.3, 0.4) is 0 Å². The second-order valence-corrected chi connectivity index (χ2v) is 10.3. The molecule has 1 amide bonds. The van der Waals surface area contributed by atoms with Crippen LogP contribution in [0.4, 0.5) is 0 Å². The molecule has 1 aliphatic rings. The van der Waals surface area contributed by atoms with Crippen molar-refractivity contribution in [2.24, 2.45) is 5.73 Å². The molecule has 2 heterocycles. The van der Waals surface area contributed by atoms with Crippen molar-refractivity contribution < 1.29 is 22.7 Å². The van der Waals surface area contributed by atoms with Gasteiger partial charge in [-0.2, -0.15) is 4.31 Å². The third-order valence-electron chi connectivity index (χ3n) is 5.73. The first-order valence-electron chi connectivity index (χ1n) is 10.6. The molecule has 0 bridgehead atoms. The summed E-state index contributed by atoms with van der Waals surface area (Å²) in [5, 5.41) is 9.70. The maximum absolute atomic E-state index is 12.4. The van der Waals surface area contributed by atoms with Crippen molar-refractivity contribution in [3.63, 3.8) is 0 Å². The van der Waals surface area contributed by atoms with Gasteiger partial charge in [-0.05, 0) is 43.7 Å². The first-order valence-corrected chi connectivity index (χ1v) is 12.4. The number of fused-ring (bicyclic) bond motifs is 1. The first-order chi connectivity index (χ1) is 15.2. The van der Waals surface area contributed by atoms with Gasteiger partial charge in [-0.15, -0.1) is 0 Å². The Balaban J connectivity index is 1.85. The summed E-state index contributed by atoms with van der Waals surface area (Å²) >= 11 is 0. The summed E-state index contributed by atoms with van der Waals surface area (Å²) in [4.78, 5) is 17.0. The Morgan fingerprint density at radius 1 is 1.28 bits per heavy atom.